The van der Waals surface area contributed by atoms with E-state index in [1.54, 1.807) is 17.0 Å². The van der Waals surface area contributed by atoms with Crippen molar-refractivity contribution in [2.24, 2.45) is 11.8 Å². The monoisotopic (exact) mass is 510 g/mol. The van der Waals surface area contributed by atoms with E-state index in [4.69, 9.17) is 9.57 Å². The average Bonchev–Trinajstić information content (AvgIpc) is 3.39. The number of hydroxylamine groups is 2. The van der Waals surface area contributed by atoms with Gasteiger partial charge in [0, 0.05) is 19.0 Å². The maximum atomic E-state index is 13.0. The van der Waals surface area contributed by atoms with Gasteiger partial charge in [0.2, 0.25) is 0 Å². The van der Waals surface area contributed by atoms with E-state index in [1.807, 2.05) is 31.2 Å². The van der Waals surface area contributed by atoms with Crippen LogP contribution in [0, 0.1) is 11.8 Å². The minimum Gasteiger partial charge on any atom is -0.448 e. The summed E-state index contributed by atoms with van der Waals surface area (Å²) in [6.45, 7) is 2.68. The van der Waals surface area contributed by atoms with E-state index in [9.17, 15) is 19.2 Å². The van der Waals surface area contributed by atoms with Crippen molar-refractivity contribution in [3.63, 3.8) is 0 Å². The number of hydrogen-bond acceptors (Lipinski definition) is 6. The summed E-state index contributed by atoms with van der Waals surface area (Å²) in [5.74, 6) is -2.79. The van der Waals surface area contributed by atoms with Crippen LogP contribution < -0.4 is 0 Å². The van der Waals surface area contributed by atoms with Gasteiger partial charge in [-0.25, -0.2) is 9.59 Å². The van der Waals surface area contributed by atoms with Gasteiger partial charge in [-0.05, 0) is 46.7 Å². The topological polar surface area (TPSA) is 93.2 Å². The minimum absolute atomic E-state index is 0.0315. The molecule has 3 aliphatic rings. The Morgan fingerprint density at radius 2 is 1.34 bits per heavy atom. The number of amides is 3. The third-order valence-electron chi connectivity index (χ3n) is 7.74. The van der Waals surface area contributed by atoms with Gasteiger partial charge in [-0.2, -0.15) is 0 Å². The van der Waals surface area contributed by atoms with Crippen molar-refractivity contribution in [1.29, 1.82) is 0 Å². The molecule has 0 saturated carbocycles. The molecule has 1 aliphatic carbocycles. The average molecular weight is 511 g/mol. The molecule has 1 fully saturated rings. The number of benzene rings is 3. The van der Waals surface area contributed by atoms with Gasteiger partial charge < -0.3 is 14.5 Å². The van der Waals surface area contributed by atoms with Gasteiger partial charge in [-0.1, -0.05) is 72.7 Å². The van der Waals surface area contributed by atoms with Crippen LogP contribution in [0.3, 0.4) is 0 Å². The predicted octanol–water partition coefficient (Wildman–Crippen LogP) is 4.65. The third kappa shape index (κ3) is 3.93. The van der Waals surface area contributed by atoms with Crippen LogP contribution in [0.15, 0.2) is 72.8 Å². The van der Waals surface area contributed by atoms with E-state index in [-0.39, 0.29) is 29.6 Å². The number of hydrogen-bond donors (Lipinski definition) is 0. The molecule has 8 heteroatoms. The summed E-state index contributed by atoms with van der Waals surface area (Å²) >= 11 is 0. The van der Waals surface area contributed by atoms with Crippen molar-refractivity contribution >= 4 is 23.9 Å². The lowest BCUT2D eigenvalue weighted by Gasteiger charge is -2.35. The molecule has 0 spiro atoms. The Bertz CT molecular complexity index is 1390. The lowest BCUT2D eigenvalue weighted by molar-refractivity contribution is -0.177. The van der Waals surface area contributed by atoms with Crippen molar-refractivity contribution in [3.05, 3.63) is 95.1 Å². The number of imide groups is 1. The zero-order chi connectivity index (χ0) is 26.4. The molecule has 0 aromatic heterocycles. The fraction of sp³-hybridized carbons (Fsp3) is 0.267. The van der Waals surface area contributed by atoms with Crippen molar-refractivity contribution in [2.45, 2.75) is 19.3 Å². The van der Waals surface area contributed by atoms with Crippen molar-refractivity contribution in [3.8, 4) is 11.1 Å². The molecule has 0 radical (unpaired) electrons. The SMILES string of the molecule is CC1CN(C(=O)OCC2c3ccccc3-c3ccccc32)CCC1C(=O)ON1C(=O)c2ccccc2C1=O. The van der Waals surface area contributed by atoms with Crippen LogP contribution in [-0.2, 0) is 14.4 Å². The first-order valence-corrected chi connectivity index (χ1v) is 12.7. The van der Waals surface area contributed by atoms with Crippen molar-refractivity contribution < 1.29 is 28.8 Å². The molecule has 8 nitrogen and oxygen atoms in total. The molecule has 6 rings (SSSR count). The van der Waals surface area contributed by atoms with Gasteiger partial charge in [-0.15, -0.1) is 0 Å². The summed E-state index contributed by atoms with van der Waals surface area (Å²) in [7, 11) is 0. The molecule has 2 atom stereocenters. The number of carbonyl (C=O) groups excluding carboxylic acids is 4. The van der Waals surface area contributed by atoms with E-state index in [1.165, 1.54) is 12.1 Å². The highest BCUT2D eigenvalue weighted by Crippen LogP contribution is 2.44. The summed E-state index contributed by atoms with van der Waals surface area (Å²) in [5.41, 5.74) is 5.03. The Morgan fingerprint density at radius 3 is 1.89 bits per heavy atom. The lowest BCUT2D eigenvalue weighted by Crippen LogP contribution is -2.47. The maximum Gasteiger partial charge on any atom is 0.409 e. The number of nitrogens with zero attached hydrogens (tertiary/aromatic N) is 2. The molecule has 0 N–H and O–H groups in total. The summed E-state index contributed by atoms with van der Waals surface area (Å²) in [4.78, 5) is 57.8. The molecule has 3 aromatic carbocycles. The molecule has 2 heterocycles. The highest BCUT2D eigenvalue weighted by molar-refractivity contribution is 6.20. The molecular formula is C30H26N2O6. The van der Waals surface area contributed by atoms with Gasteiger partial charge in [-0.3, -0.25) is 9.59 Å². The quantitative estimate of drug-likeness (QED) is 0.475. The molecular weight excluding hydrogens is 484 g/mol. The molecule has 1 saturated heterocycles. The Hall–Kier alpha value is -4.46. The second kappa shape index (κ2) is 9.45. The second-order valence-corrected chi connectivity index (χ2v) is 9.98. The number of fused-ring (bicyclic) bond motifs is 4. The van der Waals surface area contributed by atoms with E-state index in [0.717, 1.165) is 22.3 Å². The van der Waals surface area contributed by atoms with Gasteiger partial charge in [0.15, 0.2) is 0 Å². The third-order valence-corrected chi connectivity index (χ3v) is 7.74. The molecule has 2 unspecified atom stereocenters. The van der Waals surface area contributed by atoms with E-state index >= 15 is 0 Å². The maximum absolute atomic E-state index is 13.0. The summed E-state index contributed by atoms with van der Waals surface area (Å²) in [5, 5.41) is 0.539. The highest BCUT2D eigenvalue weighted by atomic mass is 16.7. The number of ether oxygens (including phenoxy) is 1. The van der Waals surface area contributed by atoms with E-state index < -0.39 is 29.8 Å². The largest absolute Gasteiger partial charge is 0.448 e. The molecule has 3 amide bonds. The number of piperidine rings is 1. The fourth-order valence-electron chi connectivity index (χ4n) is 5.75. The fourth-order valence-corrected chi connectivity index (χ4v) is 5.75. The van der Waals surface area contributed by atoms with Crippen molar-refractivity contribution in [1.82, 2.24) is 9.96 Å². The first kappa shape index (κ1) is 23.9. The van der Waals surface area contributed by atoms with Crippen LogP contribution in [0.25, 0.3) is 11.1 Å². The van der Waals surface area contributed by atoms with Crippen LogP contribution in [0.4, 0.5) is 4.79 Å². The normalized spacial score (nSPS) is 20.1. The van der Waals surface area contributed by atoms with Crippen LogP contribution in [0.5, 0.6) is 0 Å². The summed E-state index contributed by atoms with van der Waals surface area (Å²) in [6.07, 6.45) is -0.0845. The van der Waals surface area contributed by atoms with Gasteiger partial charge in [0.05, 0.1) is 17.0 Å². The highest BCUT2D eigenvalue weighted by Gasteiger charge is 2.42. The van der Waals surface area contributed by atoms with Gasteiger partial charge in [0.25, 0.3) is 11.8 Å². The number of carbonyl (C=O) groups is 4. The zero-order valence-corrected chi connectivity index (χ0v) is 20.8. The summed E-state index contributed by atoms with van der Waals surface area (Å²) in [6, 6.07) is 22.7. The minimum atomic E-state index is -0.654. The first-order valence-electron chi connectivity index (χ1n) is 12.7. The van der Waals surface area contributed by atoms with Crippen LogP contribution in [0.1, 0.15) is 51.1 Å². The molecule has 3 aromatic rings. The predicted molar refractivity (Wildman–Crippen MR) is 137 cm³/mol. The van der Waals surface area contributed by atoms with Crippen LogP contribution in [0.2, 0.25) is 0 Å². The zero-order valence-electron chi connectivity index (χ0n) is 20.8. The molecule has 0 bridgehead atoms. The van der Waals surface area contributed by atoms with Crippen LogP contribution in [-0.4, -0.2) is 53.5 Å². The Labute approximate surface area is 219 Å². The van der Waals surface area contributed by atoms with Gasteiger partial charge >= 0.3 is 12.1 Å². The van der Waals surface area contributed by atoms with E-state index in [2.05, 4.69) is 24.3 Å². The van der Waals surface area contributed by atoms with E-state index in [0.29, 0.717) is 24.6 Å². The second-order valence-electron chi connectivity index (χ2n) is 9.98. The molecule has 2 aliphatic heterocycles. The smallest absolute Gasteiger partial charge is 0.409 e. The van der Waals surface area contributed by atoms with Gasteiger partial charge in [0.1, 0.15) is 6.61 Å². The number of likely N-dealkylation sites (tertiary alicyclic amines) is 1. The Kier molecular flexibility index (Phi) is 5.94. The summed E-state index contributed by atoms with van der Waals surface area (Å²) < 4.78 is 5.77. The Balaban J connectivity index is 1.06. The molecule has 38 heavy (non-hydrogen) atoms. The lowest BCUT2D eigenvalue weighted by atomic mass is 9.87. The Morgan fingerprint density at radius 1 is 0.816 bits per heavy atom. The number of rotatable bonds is 4. The van der Waals surface area contributed by atoms with Crippen LogP contribution >= 0.6 is 0 Å². The standard InChI is InChI=1S/C30H26N2O6/c1-18-16-31(15-14-19(18)29(35)38-32-27(33)24-12-6-7-13-25(24)28(32)34)30(36)37-17-26-22-10-4-2-8-20(22)21-9-3-5-11-23(21)26/h2-13,18-19,26H,14-17H2,1H3. The molecule has 192 valence electrons. The first-order chi connectivity index (χ1) is 18.4. The van der Waals surface area contributed by atoms with Crippen molar-refractivity contribution in [2.75, 3.05) is 19.7 Å².